The third-order valence-corrected chi connectivity index (χ3v) is 3.57. The molecule has 0 aliphatic carbocycles. The number of nitro groups is 1. The van der Waals surface area contributed by atoms with E-state index in [2.05, 4.69) is 15.6 Å². The number of carbonyl (C=O) groups excluding carboxylic acids is 1. The van der Waals surface area contributed by atoms with Gasteiger partial charge in [-0.1, -0.05) is 0 Å². The fraction of sp³-hybridized carbons (Fsp3) is 0.286. The number of anilines is 1. The van der Waals surface area contributed by atoms with Gasteiger partial charge in [0, 0.05) is 31.3 Å². The Morgan fingerprint density at radius 1 is 1.38 bits per heavy atom. The highest BCUT2D eigenvalue weighted by Gasteiger charge is 2.20. The van der Waals surface area contributed by atoms with Gasteiger partial charge in [0.05, 0.1) is 16.0 Å². The standard InChI is InChI=1S/C14H14N4O3/c19-13-6-3-9(8-16-13)17-11-4-5-12(18(20)21)10-2-1-7-15-14(10)11/h1-2,4-5,7,9,17H,3,6,8H2,(H,16,19). The summed E-state index contributed by atoms with van der Waals surface area (Å²) in [6.45, 7) is 0.546. The van der Waals surface area contributed by atoms with Crippen molar-refractivity contribution < 1.29 is 9.72 Å². The summed E-state index contributed by atoms with van der Waals surface area (Å²) >= 11 is 0. The SMILES string of the molecule is O=C1CCC(Nc2ccc([N+](=O)[O-])c3cccnc23)CN1. The molecule has 2 N–H and O–H groups in total. The predicted molar refractivity (Wildman–Crippen MR) is 78.1 cm³/mol. The number of nitrogens with one attached hydrogen (secondary N) is 2. The van der Waals surface area contributed by atoms with E-state index in [-0.39, 0.29) is 17.6 Å². The van der Waals surface area contributed by atoms with Crippen LogP contribution in [0.25, 0.3) is 10.9 Å². The zero-order valence-corrected chi connectivity index (χ0v) is 11.2. The van der Waals surface area contributed by atoms with Gasteiger partial charge in [-0.3, -0.25) is 19.9 Å². The Kier molecular flexibility index (Phi) is 3.39. The maximum absolute atomic E-state index is 11.2. The number of pyridine rings is 1. The Morgan fingerprint density at radius 2 is 2.24 bits per heavy atom. The van der Waals surface area contributed by atoms with Crippen molar-refractivity contribution in [3.05, 3.63) is 40.6 Å². The van der Waals surface area contributed by atoms with Gasteiger partial charge in [0.1, 0.15) is 5.52 Å². The van der Waals surface area contributed by atoms with Crippen molar-refractivity contribution in [2.75, 3.05) is 11.9 Å². The normalized spacial score (nSPS) is 18.3. The summed E-state index contributed by atoms with van der Waals surface area (Å²) in [6.07, 6.45) is 2.83. The summed E-state index contributed by atoms with van der Waals surface area (Å²) < 4.78 is 0. The zero-order valence-electron chi connectivity index (χ0n) is 11.2. The van der Waals surface area contributed by atoms with E-state index in [1.54, 1.807) is 24.4 Å². The highest BCUT2D eigenvalue weighted by atomic mass is 16.6. The average Bonchev–Trinajstić information content (AvgIpc) is 2.49. The molecular weight excluding hydrogens is 272 g/mol. The van der Waals surface area contributed by atoms with Crippen molar-refractivity contribution in [1.82, 2.24) is 10.3 Å². The van der Waals surface area contributed by atoms with Crippen LogP contribution in [0.15, 0.2) is 30.5 Å². The maximum atomic E-state index is 11.2. The van der Waals surface area contributed by atoms with E-state index in [0.29, 0.717) is 23.9 Å². The molecule has 3 rings (SSSR count). The first-order valence-corrected chi connectivity index (χ1v) is 6.70. The lowest BCUT2D eigenvalue weighted by Crippen LogP contribution is -2.41. The van der Waals surface area contributed by atoms with Gasteiger partial charge in [-0.2, -0.15) is 0 Å². The average molecular weight is 286 g/mol. The molecule has 2 heterocycles. The molecule has 0 saturated carbocycles. The van der Waals surface area contributed by atoms with Crippen molar-refractivity contribution in [3.8, 4) is 0 Å². The molecule has 1 fully saturated rings. The van der Waals surface area contributed by atoms with Crippen molar-refractivity contribution in [1.29, 1.82) is 0 Å². The maximum Gasteiger partial charge on any atom is 0.278 e. The molecule has 108 valence electrons. The molecular formula is C14H14N4O3. The number of piperidine rings is 1. The fourth-order valence-corrected chi connectivity index (χ4v) is 2.51. The van der Waals surface area contributed by atoms with Crippen LogP contribution in [0.4, 0.5) is 11.4 Å². The molecule has 1 atom stereocenters. The highest BCUT2D eigenvalue weighted by molar-refractivity contribution is 5.96. The molecule has 2 aromatic rings. The second kappa shape index (κ2) is 5.35. The number of benzene rings is 1. The number of hydrogen-bond donors (Lipinski definition) is 2. The van der Waals surface area contributed by atoms with Crippen molar-refractivity contribution in [2.45, 2.75) is 18.9 Å². The predicted octanol–water partition coefficient (Wildman–Crippen LogP) is 1.83. The van der Waals surface area contributed by atoms with Crippen LogP contribution in [0.3, 0.4) is 0 Å². The summed E-state index contributed by atoms with van der Waals surface area (Å²) in [4.78, 5) is 26.1. The second-order valence-electron chi connectivity index (χ2n) is 4.97. The molecule has 0 radical (unpaired) electrons. The lowest BCUT2D eigenvalue weighted by molar-refractivity contribution is -0.383. The summed E-state index contributed by atoms with van der Waals surface area (Å²) in [7, 11) is 0. The zero-order chi connectivity index (χ0) is 14.8. The Morgan fingerprint density at radius 3 is 2.95 bits per heavy atom. The highest BCUT2D eigenvalue weighted by Crippen LogP contribution is 2.30. The molecule has 1 aromatic carbocycles. The third-order valence-electron chi connectivity index (χ3n) is 3.57. The van der Waals surface area contributed by atoms with Crippen LogP contribution in [-0.4, -0.2) is 28.4 Å². The van der Waals surface area contributed by atoms with E-state index in [4.69, 9.17) is 0 Å². The van der Waals surface area contributed by atoms with Crippen LogP contribution >= 0.6 is 0 Å². The van der Waals surface area contributed by atoms with Gasteiger partial charge in [0.2, 0.25) is 5.91 Å². The van der Waals surface area contributed by atoms with E-state index in [1.165, 1.54) is 6.07 Å². The van der Waals surface area contributed by atoms with Crippen LogP contribution in [0, 0.1) is 10.1 Å². The number of rotatable bonds is 3. The van der Waals surface area contributed by atoms with Crippen molar-refractivity contribution in [3.63, 3.8) is 0 Å². The minimum atomic E-state index is -0.408. The Hall–Kier alpha value is -2.70. The number of carbonyl (C=O) groups is 1. The number of amides is 1. The Bertz CT molecular complexity index is 706. The van der Waals surface area contributed by atoms with Crippen LogP contribution < -0.4 is 10.6 Å². The van der Waals surface area contributed by atoms with Crippen molar-refractivity contribution in [2.24, 2.45) is 0 Å². The fourth-order valence-electron chi connectivity index (χ4n) is 2.51. The summed E-state index contributed by atoms with van der Waals surface area (Å²) in [6, 6.07) is 6.63. The summed E-state index contributed by atoms with van der Waals surface area (Å²) in [5, 5.41) is 17.7. The van der Waals surface area contributed by atoms with Gasteiger partial charge >= 0.3 is 0 Å². The Balaban J connectivity index is 1.94. The quantitative estimate of drug-likeness (QED) is 0.662. The number of nitrogens with zero attached hydrogens (tertiary/aromatic N) is 2. The Labute approximate surface area is 120 Å². The smallest absolute Gasteiger partial charge is 0.278 e. The first kappa shape index (κ1) is 13.3. The molecule has 1 saturated heterocycles. The van der Waals surface area contributed by atoms with Crippen LogP contribution in [0.2, 0.25) is 0 Å². The van der Waals surface area contributed by atoms with E-state index < -0.39 is 4.92 Å². The number of fused-ring (bicyclic) bond motifs is 1. The minimum absolute atomic E-state index is 0.0422. The first-order chi connectivity index (χ1) is 10.1. The number of non-ortho nitro benzene ring substituents is 1. The third kappa shape index (κ3) is 2.62. The van der Waals surface area contributed by atoms with E-state index in [1.807, 2.05) is 0 Å². The lowest BCUT2D eigenvalue weighted by atomic mass is 10.1. The molecule has 1 aliphatic heterocycles. The van der Waals surface area contributed by atoms with Crippen molar-refractivity contribution >= 4 is 28.2 Å². The van der Waals surface area contributed by atoms with Gasteiger partial charge in [-0.25, -0.2) is 0 Å². The molecule has 1 amide bonds. The van der Waals surface area contributed by atoms with E-state index >= 15 is 0 Å². The first-order valence-electron chi connectivity index (χ1n) is 6.70. The van der Waals surface area contributed by atoms with Crippen LogP contribution in [-0.2, 0) is 4.79 Å². The summed E-state index contributed by atoms with van der Waals surface area (Å²) in [5.41, 5.74) is 1.36. The van der Waals surface area contributed by atoms with Gasteiger partial charge in [0.15, 0.2) is 0 Å². The van der Waals surface area contributed by atoms with Gasteiger partial charge in [0.25, 0.3) is 5.69 Å². The topological polar surface area (TPSA) is 97.2 Å². The van der Waals surface area contributed by atoms with Crippen LogP contribution in [0.1, 0.15) is 12.8 Å². The largest absolute Gasteiger partial charge is 0.379 e. The molecule has 1 aliphatic rings. The van der Waals surface area contributed by atoms with E-state index in [9.17, 15) is 14.9 Å². The van der Waals surface area contributed by atoms with Crippen LogP contribution in [0.5, 0.6) is 0 Å². The van der Waals surface area contributed by atoms with E-state index in [0.717, 1.165) is 12.1 Å². The minimum Gasteiger partial charge on any atom is -0.379 e. The summed E-state index contributed by atoms with van der Waals surface area (Å²) in [5.74, 6) is 0.0553. The number of aromatic nitrogens is 1. The van der Waals surface area contributed by atoms with Gasteiger partial charge in [-0.15, -0.1) is 0 Å². The molecule has 21 heavy (non-hydrogen) atoms. The van der Waals surface area contributed by atoms with Gasteiger partial charge < -0.3 is 10.6 Å². The number of hydrogen-bond acceptors (Lipinski definition) is 5. The molecule has 1 unspecified atom stereocenters. The lowest BCUT2D eigenvalue weighted by Gasteiger charge is -2.24. The van der Waals surface area contributed by atoms with Gasteiger partial charge in [-0.05, 0) is 24.6 Å². The number of nitro benzene ring substituents is 1. The molecule has 0 spiro atoms. The molecule has 7 nitrogen and oxygen atoms in total. The second-order valence-corrected chi connectivity index (χ2v) is 4.97. The molecule has 1 aromatic heterocycles. The molecule has 0 bridgehead atoms. The molecule has 7 heteroatoms. The monoisotopic (exact) mass is 286 g/mol.